The predicted octanol–water partition coefficient (Wildman–Crippen LogP) is 1.68. The molecule has 0 amide bonds. The Bertz CT molecular complexity index is 403. The lowest BCUT2D eigenvalue weighted by Gasteiger charge is -2.25. The summed E-state index contributed by atoms with van der Waals surface area (Å²) in [4.78, 5) is 4.60. The van der Waals surface area contributed by atoms with E-state index in [1.54, 1.807) is 11.3 Å². The van der Waals surface area contributed by atoms with Gasteiger partial charge < -0.3 is 10.2 Å². The zero-order chi connectivity index (χ0) is 13.4. The number of hydrogen-bond donors (Lipinski definition) is 2. The molecule has 0 aliphatic rings. The fraction of sp³-hybridized carbons (Fsp3) is 0.571. The van der Waals surface area contributed by atoms with Crippen LogP contribution in [0.4, 0.5) is 0 Å². The minimum absolute atomic E-state index is 0.0954. The average molecular weight is 267 g/mol. The Morgan fingerprint density at radius 2 is 2.11 bits per heavy atom. The first-order chi connectivity index (χ1) is 8.67. The van der Waals surface area contributed by atoms with E-state index in [1.165, 1.54) is 4.88 Å². The Hall–Kier alpha value is -0.860. The molecule has 3 nitrogen and oxygen atoms in total. The molecule has 0 atom stereocenters. The lowest BCUT2D eigenvalue weighted by atomic mass is 10.2. The molecule has 18 heavy (non-hydrogen) atoms. The van der Waals surface area contributed by atoms with Gasteiger partial charge in [0.15, 0.2) is 0 Å². The molecule has 0 aromatic carbocycles. The number of aliphatic hydroxyl groups is 2. The van der Waals surface area contributed by atoms with Crippen molar-refractivity contribution in [1.29, 1.82) is 0 Å². The van der Waals surface area contributed by atoms with Crippen molar-refractivity contribution in [1.82, 2.24) is 4.90 Å². The molecule has 0 aliphatic carbocycles. The van der Waals surface area contributed by atoms with Crippen LogP contribution in [-0.2, 0) is 6.54 Å². The molecule has 0 saturated carbocycles. The highest BCUT2D eigenvalue weighted by Gasteiger charge is 2.10. The smallest absolute Gasteiger partial charge is 0.104 e. The second-order valence-corrected chi connectivity index (χ2v) is 5.54. The summed E-state index contributed by atoms with van der Waals surface area (Å²) in [5.41, 5.74) is 0. The van der Waals surface area contributed by atoms with Gasteiger partial charge in [-0.15, -0.1) is 11.3 Å². The van der Waals surface area contributed by atoms with E-state index in [1.807, 2.05) is 6.07 Å². The minimum atomic E-state index is -0.0954. The summed E-state index contributed by atoms with van der Waals surface area (Å²) in [5, 5.41) is 17.5. The van der Waals surface area contributed by atoms with Gasteiger partial charge in [-0.1, -0.05) is 11.8 Å². The number of rotatable bonds is 6. The van der Waals surface area contributed by atoms with E-state index >= 15 is 0 Å². The van der Waals surface area contributed by atoms with Crippen molar-refractivity contribution >= 4 is 11.3 Å². The molecule has 0 bridgehead atoms. The molecule has 1 rings (SSSR count). The molecular weight excluding hydrogens is 246 g/mol. The van der Waals surface area contributed by atoms with E-state index in [0.29, 0.717) is 6.04 Å². The Morgan fingerprint density at radius 3 is 2.72 bits per heavy atom. The Kier molecular flexibility index (Phi) is 6.99. The van der Waals surface area contributed by atoms with E-state index in [9.17, 15) is 0 Å². The van der Waals surface area contributed by atoms with Crippen LogP contribution in [0.15, 0.2) is 12.1 Å². The fourth-order valence-electron chi connectivity index (χ4n) is 1.65. The Morgan fingerprint density at radius 1 is 1.33 bits per heavy atom. The van der Waals surface area contributed by atoms with Crippen LogP contribution >= 0.6 is 11.3 Å². The quantitative estimate of drug-likeness (QED) is 0.771. The first-order valence-electron chi connectivity index (χ1n) is 6.20. The fourth-order valence-corrected chi connectivity index (χ4v) is 2.56. The van der Waals surface area contributed by atoms with Crippen LogP contribution in [0, 0.1) is 11.8 Å². The molecule has 0 radical (unpaired) electrons. The van der Waals surface area contributed by atoms with Crippen LogP contribution in [-0.4, -0.2) is 40.9 Å². The normalized spacial score (nSPS) is 10.8. The van der Waals surface area contributed by atoms with E-state index in [4.69, 9.17) is 10.2 Å². The summed E-state index contributed by atoms with van der Waals surface area (Å²) in [7, 11) is 0. The molecule has 0 spiro atoms. The van der Waals surface area contributed by atoms with Gasteiger partial charge in [0.05, 0.1) is 4.88 Å². The highest BCUT2D eigenvalue weighted by molar-refractivity contribution is 7.12. The van der Waals surface area contributed by atoms with E-state index in [-0.39, 0.29) is 13.2 Å². The molecule has 0 saturated heterocycles. The third-order valence-electron chi connectivity index (χ3n) is 2.64. The van der Waals surface area contributed by atoms with Crippen molar-refractivity contribution in [2.75, 3.05) is 19.8 Å². The summed E-state index contributed by atoms with van der Waals surface area (Å²) in [6.07, 6.45) is 0.806. The molecule has 0 aliphatic heterocycles. The van der Waals surface area contributed by atoms with Crippen LogP contribution in [0.2, 0.25) is 0 Å². The molecule has 1 aromatic heterocycles. The third-order valence-corrected chi connectivity index (χ3v) is 3.63. The lowest BCUT2D eigenvalue weighted by Crippen LogP contribution is -2.31. The Balaban J connectivity index is 2.60. The summed E-state index contributed by atoms with van der Waals surface area (Å²) in [6, 6.07) is 4.54. The van der Waals surface area contributed by atoms with Gasteiger partial charge in [-0.25, -0.2) is 0 Å². The summed E-state index contributed by atoms with van der Waals surface area (Å²) in [6.45, 7) is 6.27. The zero-order valence-electron chi connectivity index (χ0n) is 11.0. The van der Waals surface area contributed by atoms with E-state index < -0.39 is 0 Å². The first kappa shape index (κ1) is 15.2. The maximum atomic E-state index is 8.90. The van der Waals surface area contributed by atoms with Crippen molar-refractivity contribution in [2.45, 2.75) is 32.9 Å². The van der Waals surface area contributed by atoms with Gasteiger partial charge in [-0.2, -0.15) is 0 Å². The minimum Gasteiger partial charge on any atom is -0.396 e. The van der Waals surface area contributed by atoms with E-state index in [2.05, 4.69) is 36.7 Å². The molecule has 1 aromatic rings. The molecule has 100 valence electrons. The van der Waals surface area contributed by atoms with Gasteiger partial charge >= 0.3 is 0 Å². The van der Waals surface area contributed by atoms with Crippen LogP contribution in [0.3, 0.4) is 0 Å². The van der Waals surface area contributed by atoms with Gasteiger partial charge in [0.25, 0.3) is 0 Å². The molecule has 4 heteroatoms. The molecule has 1 heterocycles. The standard InChI is InChI=1S/C14H21NO2S/c1-12(2)15(8-4-10-17)11-14-7-6-13(18-14)5-3-9-16/h6-7,12,16-17H,4,8-11H2,1-2H3. The van der Waals surface area contributed by atoms with Crippen molar-refractivity contribution in [3.8, 4) is 11.8 Å². The lowest BCUT2D eigenvalue weighted by molar-refractivity contribution is 0.186. The van der Waals surface area contributed by atoms with Crippen LogP contribution in [0.1, 0.15) is 30.0 Å². The summed E-state index contributed by atoms with van der Waals surface area (Å²) >= 11 is 1.66. The second-order valence-electron chi connectivity index (χ2n) is 4.37. The molecule has 2 N–H and O–H groups in total. The predicted molar refractivity (Wildman–Crippen MR) is 75.5 cm³/mol. The van der Waals surface area contributed by atoms with Crippen LogP contribution < -0.4 is 0 Å². The number of aliphatic hydroxyl groups excluding tert-OH is 2. The second kappa shape index (κ2) is 8.28. The largest absolute Gasteiger partial charge is 0.396 e. The third kappa shape index (κ3) is 5.19. The van der Waals surface area contributed by atoms with Gasteiger partial charge in [-0.3, -0.25) is 4.90 Å². The van der Waals surface area contributed by atoms with Crippen molar-refractivity contribution in [3.05, 3.63) is 21.9 Å². The van der Waals surface area contributed by atoms with Gasteiger partial charge in [0, 0.05) is 30.6 Å². The van der Waals surface area contributed by atoms with Crippen LogP contribution in [0.5, 0.6) is 0 Å². The van der Waals surface area contributed by atoms with Gasteiger partial charge in [-0.05, 0) is 32.4 Å². The van der Waals surface area contributed by atoms with Gasteiger partial charge in [0.1, 0.15) is 6.61 Å². The highest BCUT2D eigenvalue weighted by atomic mass is 32.1. The van der Waals surface area contributed by atoms with Crippen molar-refractivity contribution < 1.29 is 10.2 Å². The van der Waals surface area contributed by atoms with Gasteiger partial charge in [0.2, 0.25) is 0 Å². The zero-order valence-corrected chi connectivity index (χ0v) is 11.8. The summed E-state index contributed by atoms with van der Waals surface area (Å²) < 4.78 is 0. The maximum Gasteiger partial charge on any atom is 0.104 e. The highest BCUT2D eigenvalue weighted by Crippen LogP contribution is 2.18. The monoisotopic (exact) mass is 267 g/mol. The topological polar surface area (TPSA) is 43.7 Å². The number of hydrogen-bond acceptors (Lipinski definition) is 4. The molecule has 0 unspecified atom stereocenters. The molecule has 0 fully saturated rings. The summed E-state index contributed by atoms with van der Waals surface area (Å²) in [5.74, 6) is 5.58. The van der Waals surface area contributed by atoms with E-state index in [0.717, 1.165) is 24.4 Å². The average Bonchev–Trinajstić information content (AvgIpc) is 2.79. The Labute approximate surface area is 113 Å². The molecular formula is C14H21NO2S. The SMILES string of the molecule is CC(C)N(CCCO)Cc1ccc(C#CCO)s1. The van der Waals surface area contributed by atoms with Crippen LogP contribution in [0.25, 0.3) is 0 Å². The number of nitrogens with zero attached hydrogens (tertiary/aromatic N) is 1. The van der Waals surface area contributed by atoms with Crippen molar-refractivity contribution in [3.63, 3.8) is 0 Å². The number of thiophene rings is 1. The first-order valence-corrected chi connectivity index (χ1v) is 7.02. The maximum absolute atomic E-state index is 8.90. The van der Waals surface area contributed by atoms with Crippen molar-refractivity contribution in [2.24, 2.45) is 0 Å².